The summed E-state index contributed by atoms with van der Waals surface area (Å²) in [4.78, 5) is 11.7. The van der Waals surface area contributed by atoms with E-state index in [9.17, 15) is 0 Å². The summed E-state index contributed by atoms with van der Waals surface area (Å²) >= 11 is 1.66. The lowest BCUT2D eigenvalue weighted by Crippen LogP contribution is -2.33. The van der Waals surface area contributed by atoms with Gasteiger partial charge in [-0.15, -0.1) is 11.3 Å². The van der Waals surface area contributed by atoms with Crippen LogP contribution in [-0.4, -0.2) is 31.0 Å². The second kappa shape index (κ2) is 5.54. The highest BCUT2D eigenvalue weighted by atomic mass is 32.1. The molecule has 4 heterocycles. The Bertz CT molecular complexity index is 721. The minimum absolute atomic E-state index is 0.389. The quantitative estimate of drug-likeness (QED) is 0.746. The molecule has 1 fully saturated rings. The van der Waals surface area contributed by atoms with Gasteiger partial charge in [-0.1, -0.05) is 6.42 Å². The molecule has 6 heteroatoms. The minimum Gasteiger partial charge on any atom is -0.289 e. The van der Waals surface area contributed by atoms with E-state index in [1.807, 2.05) is 22.3 Å². The van der Waals surface area contributed by atoms with E-state index in [1.165, 1.54) is 19.3 Å². The highest BCUT2D eigenvalue weighted by Gasteiger charge is 2.25. The van der Waals surface area contributed by atoms with Gasteiger partial charge < -0.3 is 0 Å². The molecule has 0 N–H and O–H groups in total. The van der Waals surface area contributed by atoms with Gasteiger partial charge in [-0.25, -0.2) is 14.5 Å². The third kappa shape index (κ3) is 2.56. The average molecular weight is 299 g/mol. The Morgan fingerprint density at radius 1 is 1.29 bits per heavy atom. The number of hydrogen-bond donors (Lipinski definition) is 0. The summed E-state index contributed by atoms with van der Waals surface area (Å²) in [6, 6.07) is 4.45. The molecule has 0 aliphatic carbocycles. The van der Waals surface area contributed by atoms with Crippen LogP contribution in [0.4, 0.5) is 0 Å². The summed E-state index contributed by atoms with van der Waals surface area (Å²) in [6.07, 6.45) is 7.49. The topological polar surface area (TPSA) is 46.3 Å². The molecule has 4 rings (SSSR count). The molecule has 0 amide bonds. The molecule has 0 bridgehead atoms. The molecule has 1 atom stereocenters. The Morgan fingerprint density at radius 2 is 2.29 bits per heavy atom. The third-order valence-corrected chi connectivity index (χ3v) is 4.72. The van der Waals surface area contributed by atoms with Crippen LogP contribution >= 0.6 is 11.3 Å². The van der Waals surface area contributed by atoms with Gasteiger partial charge in [0.05, 0.1) is 29.1 Å². The number of aromatic nitrogens is 4. The van der Waals surface area contributed by atoms with E-state index in [0.29, 0.717) is 6.04 Å². The molecule has 1 aliphatic rings. The van der Waals surface area contributed by atoms with Gasteiger partial charge in [0.25, 0.3) is 0 Å². The maximum atomic E-state index is 4.78. The van der Waals surface area contributed by atoms with Crippen LogP contribution in [0.15, 0.2) is 35.4 Å². The maximum Gasteiger partial charge on any atom is 0.155 e. The van der Waals surface area contributed by atoms with Crippen molar-refractivity contribution in [1.82, 2.24) is 24.5 Å². The summed E-state index contributed by atoms with van der Waals surface area (Å²) < 4.78 is 1.82. The Hall–Kier alpha value is -1.79. The fourth-order valence-electron chi connectivity index (χ4n) is 3.05. The van der Waals surface area contributed by atoms with Crippen molar-refractivity contribution in [2.75, 3.05) is 6.54 Å². The van der Waals surface area contributed by atoms with Crippen LogP contribution in [0.3, 0.4) is 0 Å². The first-order chi connectivity index (χ1) is 10.4. The van der Waals surface area contributed by atoms with E-state index >= 15 is 0 Å². The Labute approximate surface area is 127 Å². The molecule has 3 aromatic heterocycles. The van der Waals surface area contributed by atoms with Crippen molar-refractivity contribution >= 4 is 17.0 Å². The summed E-state index contributed by atoms with van der Waals surface area (Å²) in [5.74, 6) is 0. The molecule has 21 heavy (non-hydrogen) atoms. The summed E-state index contributed by atoms with van der Waals surface area (Å²) in [7, 11) is 0. The fourth-order valence-corrected chi connectivity index (χ4v) is 3.60. The minimum atomic E-state index is 0.389. The van der Waals surface area contributed by atoms with Crippen LogP contribution < -0.4 is 0 Å². The lowest BCUT2D eigenvalue weighted by Gasteiger charge is -2.34. The fraction of sp³-hybridized carbons (Fsp3) is 0.400. The van der Waals surface area contributed by atoms with E-state index in [4.69, 9.17) is 4.98 Å². The largest absolute Gasteiger partial charge is 0.289 e. The molecule has 0 saturated carbocycles. The van der Waals surface area contributed by atoms with Crippen molar-refractivity contribution in [3.63, 3.8) is 0 Å². The molecule has 0 radical (unpaired) electrons. The molecule has 3 aromatic rings. The average Bonchev–Trinajstić information content (AvgIpc) is 3.18. The molecule has 1 aliphatic heterocycles. The molecule has 0 spiro atoms. The SMILES string of the molecule is c1cc2nc([C@@H]3CCCCN3Cc3cscn3)ccn2n1. The predicted molar refractivity (Wildman–Crippen MR) is 82.1 cm³/mol. The molecule has 1 saturated heterocycles. The van der Waals surface area contributed by atoms with Crippen LogP contribution in [-0.2, 0) is 6.54 Å². The van der Waals surface area contributed by atoms with E-state index in [-0.39, 0.29) is 0 Å². The summed E-state index contributed by atoms with van der Waals surface area (Å²) in [5, 5.41) is 6.35. The first-order valence-electron chi connectivity index (χ1n) is 7.31. The van der Waals surface area contributed by atoms with Gasteiger partial charge in [-0.05, 0) is 25.5 Å². The summed E-state index contributed by atoms with van der Waals surface area (Å²) in [6.45, 7) is 2.04. The van der Waals surface area contributed by atoms with Gasteiger partial charge in [0, 0.05) is 24.2 Å². The lowest BCUT2D eigenvalue weighted by molar-refractivity contribution is 0.136. The molecule has 0 aromatic carbocycles. The number of piperidine rings is 1. The molecule has 5 nitrogen and oxygen atoms in total. The number of likely N-dealkylation sites (tertiary alicyclic amines) is 1. The molecular formula is C15H17N5S. The Morgan fingerprint density at radius 3 is 3.19 bits per heavy atom. The second-order valence-corrected chi connectivity index (χ2v) is 6.17. The number of rotatable bonds is 3. The molecular weight excluding hydrogens is 282 g/mol. The lowest BCUT2D eigenvalue weighted by atomic mass is 9.99. The third-order valence-electron chi connectivity index (χ3n) is 4.08. The van der Waals surface area contributed by atoms with Gasteiger partial charge in [0.1, 0.15) is 0 Å². The van der Waals surface area contributed by atoms with Crippen molar-refractivity contribution in [3.8, 4) is 0 Å². The van der Waals surface area contributed by atoms with Crippen LogP contribution in [0, 0.1) is 0 Å². The number of fused-ring (bicyclic) bond motifs is 1. The monoisotopic (exact) mass is 299 g/mol. The first kappa shape index (κ1) is 12.9. The van der Waals surface area contributed by atoms with E-state index in [1.54, 1.807) is 17.5 Å². The highest BCUT2D eigenvalue weighted by molar-refractivity contribution is 7.07. The van der Waals surface area contributed by atoms with Crippen molar-refractivity contribution in [2.45, 2.75) is 31.8 Å². The van der Waals surface area contributed by atoms with E-state index in [2.05, 4.69) is 26.4 Å². The van der Waals surface area contributed by atoms with E-state index < -0.39 is 0 Å². The maximum absolute atomic E-state index is 4.78. The normalized spacial score (nSPS) is 20.1. The van der Waals surface area contributed by atoms with Crippen LogP contribution in [0.5, 0.6) is 0 Å². The standard InChI is InChI=1S/C15H17N5S/c1-2-7-19(9-12-10-21-11-16-12)14(3-1)13-5-8-20-15(18-13)4-6-17-20/h4-6,8,10-11,14H,1-3,7,9H2/t14-/m0/s1. The van der Waals surface area contributed by atoms with Crippen molar-refractivity contribution in [3.05, 3.63) is 46.8 Å². The number of nitrogens with zero attached hydrogens (tertiary/aromatic N) is 5. The number of thiazole rings is 1. The van der Waals surface area contributed by atoms with E-state index in [0.717, 1.165) is 30.1 Å². The van der Waals surface area contributed by atoms with Crippen molar-refractivity contribution in [2.24, 2.45) is 0 Å². The van der Waals surface area contributed by atoms with Crippen LogP contribution in [0.25, 0.3) is 5.65 Å². The molecule has 0 unspecified atom stereocenters. The Kier molecular flexibility index (Phi) is 3.40. The first-order valence-corrected chi connectivity index (χ1v) is 8.26. The Balaban J connectivity index is 1.63. The van der Waals surface area contributed by atoms with Crippen LogP contribution in [0.2, 0.25) is 0 Å². The van der Waals surface area contributed by atoms with Gasteiger partial charge in [0.2, 0.25) is 0 Å². The highest BCUT2D eigenvalue weighted by Crippen LogP contribution is 2.31. The van der Waals surface area contributed by atoms with Gasteiger partial charge in [-0.2, -0.15) is 5.10 Å². The predicted octanol–water partition coefficient (Wildman–Crippen LogP) is 2.91. The second-order valence-electron chi connectivity index (χ2n) is 5.45. The zero-order valence-electron chi connectivity index (χ0n) is 11.7. The smallest absolute Gasteiger partial charge is 0.155 e. The van der Waals surface area contributed by atoms with Gasteiger partial charge in [0.15, 0.2) is 5.65 Å². The molecule has 108 valence electrons. The van der Waals surface area contributed by atoms with Crippen molar-refractivity contribution in [1.29, 1.82) is 0 Å². The van der Waals surface area contributed by atoms with Crippen LogP contribution in [0.1, 0.15) is 36.7 Å². The van der Waals surface area contributed by atoms with Gasteiger partial charge in [-0.3, -0.25) is 4.90 Å². The van der Waals surface area contributed by atoms with Gasteiger partial charge >= 0.3 is 0 Å². The zero-order valence-corrected chi connectivity index (χ0v) is 12.5. The zero-order chi connectivity index (χ0) is 14.1. The van der Waals surface area contributed by atoms with Crippen molar-refractivity contribution < 1.29 is 0 Å². The summed E-state index contributed by atoms with van der Waals surface area (Å²) in [5.41, 5.74) is 5.15. The number of hydrogen-bond acceptors (Lipinski definition) is 5.